The van der Waals surface area contributed by atoms with Crippen molar-refractivity contribution in [2.24, 2.45) is 0 Å². The molecule has 9 heteroatoms. The predicted molar refractivity (Wildman–Crippen MR) is 73.1 cm³/mol. The number of hydrogen-bond acceptors (Lipinski definition) is 4. The Morgan fingerprint density at radius 3 is 2.55 bits per heavy atom. The number of aromatic nitrogens is 1. The van der Waals surface area contributed by atoms with Crippen LogP contribution in [0.4, 0.5) is 13.2 Å². The van der Waals surface area contributed by atoms with Crippen LogP contribution in [0, 0.1) is 0 Å². The lowest BCUT2D eigenvalue weighted by Crippen LogP contribution is -2.34. The predicted octanol–water partition coefficient (Wildman–Crippen LogP) is 3.20. The third-order valence-electron chi connectivity index (χ3n) is 2.13. The second kappa shape index (κ2) is 6.40. The van der Waals surface area contributed by atoms with E-state index in [1.807, 2.05) is 20.8 Å². The van der Waals surface area contributed by atoms with Crippen molar-refractivity contribution >= 4 is 22.3 Å². The van der Waals surface area contributed by atoms with Gasteiger partial charge in [-0.1, -0.05) is 11.3 Å². The third-order valence-corrected chi connectivity index (χ3v) is 4.90. The summed E-state index contributed by atoms with van der Waals surface area (Å²) in [4.78, 5) is 4.43. The highest BCUT2D eigenvalue weighted by molar-refractivity contribution is 7.84. The number of alkyl halides is 3. The Morgan fingerprint density at radius 1 is 1.45 bits per heavy atom. The fraction of sp³-hybridized carbons (Fsp3) is 0.727. The van der Waals surface area contributed by atoms with Crippen LogP contribution in [-0.4, -0.2) is 26.7 Å². The van der Waals surface area contributed by atoms with E-state index in [-0.39, 0.29) is 11.2 Å². The summed E-state index contributed by atoms with van der Waals surface area (Å²) in [7, 11) is -1.27. The zero-order valence-corrected chi connectivity index (χ0v) is 13.2. The summed E-state index contributed by atoms with van der Waals surface area (Å²) in [5, 5.41) is -0.0486. The quantitative estimate of drug-likeness (QED) is 0.902. The molecule has 0 aliphatic rings. The van der Waals surface area contributed by atoms with E-state index in [4.69, 9.17) is 0 Å². The second-order valence-electron chi connectivity index (χ2n) is 5.15. The van der Waals surface area contributed by atoms with E-state index in [1.165, 1.54) is 6.20 Å². The van der Waals surface area contributed by atoms with Gasteiger partial charge >= 0.3 is 6.18 Å². The minimum Gasteiger partial charge on any atom is -0.460 e. The van der Waals surface area contributed by atoms with Gasteiger partial charge in [0.15, 0.2) is 6.61 Å². The molecule has 0 amide bonds. The van der Waals surface area contributed by atoms with E-state index in [0.717, 1.165) is 11.3 Å². The monoisotopic (exact) mass is 330 g/mol. The van der Waals surface area contributed by atoms with Gasteiger partial charge in [-0.2, -0.15) is 13.2 Å². The van der Waals surface area contributed by atoms with Gasteiger partial charge < -0.3 is 4.74 Å². The molecule has 1 rings (SSSR count). The highest BCUT2D eigenvalue weighted by Crippen LogP contribution is 2.28. The van der Waals surface area contributed by atoms with Crippen molar-refractivity contribution in [1.29, 1.82) is 0 Å². The Kier molecular flexibility index (Phi) is 5.56. The number of nitrogens with one attached hydrogen (secondary N) is 1. The molecule has 1 aromatic rings. The smallest absolute Gasteiger partial charge is 0.422 e. The molecule has 0 saturated heterocycles. The Labute approximate surface area is 122 Å². The molecule has 0 aromatic carbocycles. The Morgan fingerprint density at radius 2 is 2.05 bits per heavy atom. The minimum atomic E-state index is -4.39. The van der Waals surface area contributed by atoms with Crippen LogP contribution in [-0.2, 0) is 11.0 Å². The Balaban J connectivity index is 2.60. The van der Waals surface area contributed by atoms with E-state index < -0.39 is 28.5 Å². The molecule has 0 spiro atoms. The number of rotatable bonds is 5. The van der Waals surface area contributed by atoms with E-state index >= 15 is 0 Å². The van der Waals surface area contributed by atoms with E-state index in [2.05, 4.69) is 14.4 Å². The number of halogens is 3. The first-order valence-corrected chi connectivity index (χ1v) is 7.79. The van der Waals surface area contributed by atoms with Crippen LogP contribution in [0.15, 0.2) is 6.20 Å². The van der Waals surface area contributed by atoms with E-state index in [0.29, 0.717) is 4.88 Å². The summed E-state index contributed by atoms with van der Waals surface area (Å²) >= 11 is 1.00. The van der Waals surface area contributed by atoms with Crippen molar-refractivity contribution in [3.05, 3.63) is 11.1 Å². The van der Waals surface area contributed by atoms with Crippen molar-refractivity contribution in [3.63, 3.8) is 0 Å². The van der Waals surface area contributed by atoms with Gasteiger partial charge in [-0.05, 0) is 27.7 Å². The Bertz CT molecular complexity index is 469. The topological polar surface area (TPSA) is 51.2 Å². The summed E-state index contributed by atoms with van der Waals surface area (Å²) in [5.74, 6) is 0. The van der Waals surface area contributed by atoms with Crippen molar-refractivity contribution in [3.8, 4) is 5.19 Å². The summed E-state index contributed by atoms with van der Waals surface area (Å²) in [6.45, 7) is 5.88. The molecule has 0 aliphatic heterocycles. The van der Waals surface area contributed by atoms with Crippen LogP contribution in [0.3, 0.4) is 0 Å². The van der Waals surface area contributed by atoms with Gasteiger partial charge in [0.05, 0.1) is 21.8 Å². The average Bonchev–Trinajstić information content (AvgIpc) is 2.72. The zero-order chi connectivity index (χ0) is 15.6. The van der Waals surface area contributed by atoms with Gasteiger partial charge in [0.2, 0.25) is 0 Å². The highest BCUT2D eigenvalue weighted by Gasteiger charge is 2.29. The molecular formula is C11H17F3N2O2S2. The highest BCUT2D eigenvalue weighted by atomic mass is 32.2. The maximum Gasteiger partial charge on any atom is 0.422 e. The molecule has 116 valence electrons. The lowest BCUT2D eigenvalue weighted by molar-refractivity contribution is -0.153. The normalized spacial score (nSPS) is 15.9. The molecule has 20 heavy (non-hydrogen) atoms. The number of hydrogen-bond donors (Lipinski definition) is 1. The standard InChI is InChI=1S/C11H17F3N2O2S2/c1-7(16-20(17)10(2,3)4)8-5-15-9(19-8)18-6-11(12,13)14/h5,7,16H,6H2,1-4H3/t7-,20?/m1/s1. The molecule has 4 nitrogen and oxygen atoms in total. The van der Waals surface area contributed by atoms with Crippen LogP contribution in [0.25, 0.3) is 0 Å². The molecule has 0 aliphatic carbocycles. The van der Waals surface area contributed by atoms with Gasteiger partial charge in [-0.15, -0.1) is 0 Å². The van der Waals surface area contributed by atoms with Gasteiger partial charge in [0.25, 0.3) is 5.19 Å². The third kappa shape index (κ3) is 5.76. The minimum absolute atomic E-state index is 0.0486. The van der Waals surface area contributed by atoms with Gasteiger partial charge in [-0.25, -0.2) is 13.9 Å². The first kappa shape index (κ1) is 17.4. The molecule has 0 saturated carbocycles. The van der Waals surface area contributed by atoms with Crippen molar-refractivity contribution in [2.75, 3.05) is 6.61 Å². The average molecular weight is 330 g/mol. The van der Waals surface area contributed by atoms with Crippen LogP contribution in [0.1, 0.15) is 38.6 Å². The maximum absolute atomic E-state index is 12.0. The summed E-state index contributed by atoms with van der Waals surface area (Å²) in [6, 6.07) is -0.282. The molecule has 0 fully saturated rings. The summed E-state index contributed by atoms with van der Waals surface area (Å²) in [5.41, 5.74) is 0. The van der Waals surface area contributed by atoms with Crippen LogP contribution >= 0.6 is 11.3 Å². The Hall–Kier alpha value is -0.670. The summed E-state index contributed by atoms with van der Waals surface area (Å²) < 4.78 is 55.0. The van der Waals surface area contributed by atoms with Gasteiger partial charge in [0, 0.05) is 11.1 Å². The van der Waals surface area contributed by atoms with Crippen LogP contribution < -0.4 is 9.46 Å². The van der Waals surface area contributed by atoms with Crippen molar-refractivity contribution in [1.82, 2.24) is 9.71 Å². The van der Waals surface area contributed by atoms with Crippen molar-refractivity contribution in [2.45, 2.75) is 44.7 Å². The first-order chi connectivity index (χ1) is 8.99. The summed E-state index contributed by atoms with van der Waals surface area (Å²) in [6.07, 6.45) is -2.96. The molecular weight excluding hydrogens is 313 g/mol. The lowest BCUT2D eigenvalue weighted by atomic mass is 10.3. The second-order valence-corrected chi connectivity index (χ2v) is 8.18. The fourth-order valence-corrected chi connectivity index (χ4v) is 2.72. The van der Waals surface area contributed by atoms with Gasteiger partial charge in [0.1, 0.15) is 0 Å². The molecule has 1 N–H and O–H groups in total. The zero-order valence-electron chi connectivity index (χ0n) is 11.6. The number of thiazole rings is 1. The van der Waals surface area contributed by atoms with Gasteiger partial charge in [-0.3, -0.25) is 0 Å². The van der Waals surface area contributed by atoms with Crippen LogP contribution in [0.2, 0.25) is 0 Å². The molecule has 2 atom stereocenters. The number of nitrogens with zero attached hydrogens (tertiary/aromatic N) is 1. The lowest BCUT2D eigenvalue weighted by Gasteiger charge is -2.21. The molecule has 1 heterocycles. The van der Waals surface area contributed by atoms with E-state index in [9.17, 15) is 17.4 Å². The van der Waals surface area contributed by atoms with Crippen molar-refractivity contribution < 1.29 is 22.1 Å². The molecule has 1 aromatic heterocycles. The first-order valence-electron chi connectivity index (χ1n) is 5.82. The van der Waals surface area contributed by atoms with E-state index in [1.54, 1.807) is 6.92 Å². The molecule has 1 unspecified atom stereocenters. The SMILES string of the molecule is C[C@@H](NS(=O)C(C)(C)C)c1cnc(OCC(F)(F)F)s1. The fourth-order valence-electron chi connectivity index (χ4n) is 1.08. The molecule has 0 radical (unpaired) electrons. The largest absolute Gasteiger partial charge is 0.460 e. The maximum atomic E-state index is 12.0. The number of ether oxygens (including phenoxy) is 1. The molecule has 0 bridgehead atoms. The van der Waals surface area contributed by atoms with Crippen LogP contribution in [0.5, 0.6) is 5.19 Å².